The van der Waals surface area contributed by atoms with Crippen molar-refractivity contribution in [1.29, 1.82) is 0 Å². The molecular formula is C14H16BrNOS2. The summed E-state index contributed by atoms with van der Waals surface area (Å²) in [6, 6.07) is 6.10. The summed E-state index contributed by atoms with van der Waals surface area (Å²) in [5, 5.41) is 2.12. The van der Waals surface area contributed by atoms with E-state index in [-0.39, 0.29) is 5.78 Å². The number of aryl methyl sites for hydroxylation is 1. The van der Waals surface area contributed by atoms with Crippen LogP contribution < -0.4 is 0 Å². The molecule has 2 aromatic heterocycles. The Hall–Kier alpha value is -0.490. The van der Waals surface area contributed by atoms with Crippen LogP contribution in [0.25, 0.3) is 0 Å². The predicted molar refractivity (Wildman–Crippen MR) is 86.4 cm³/mol. The Labute approximate surface area is 130 Å². The van der Waals surface area contributed by atoms with E-state index in [0.717, 1.165) is 21.6 Å². The van der Waals surface area contributed by atoms with Crippen molar-refractivity contribution in [2.45, 2.75) is 19.9 Å². The van der Waals surface area contributed by atoms with Crippen molar-refractivity contribution in [2.24, 2.45) is 0 Å². The van der Waals surface area contributed by atoms with Gasteiger partial charge in [-0.2, -0.15) is 0 Å². The van der Waals surface area contributed by atoms with Crippen LogP contribution in [0.4, 0.5) is 0 Å². The standard InChI is InChI=1S/C14H16BrNOS2/c1-3-11-4-5-13(19-11)12(17)8-16(2)7-10-6-14(15)18-9-10/h4-6,9H,3,7-8H2,1-2H3. The third kappa shape index (κ3) is 4.24. The third-order valence-electron chi connectivity index (χ3n) is 2.77. The van der Waals surface area contributed by atoms with Crippen LogP contribution in [0.5, 0.6) is 0 Å². The molecule has 0 spiro atoms. The van der Waals surface area contributed by atoms with Gasteiger partial charge in [0.15, 0.2) is 5.78 Å². The number of carbonyl (C=O) groups is 1. The highest BCUT2D eigenvalue weighted by molar-refractivity contribution is 9.11. The van der Waals surface area contributed by atoms with E-state index in [4.69, 9.17) is 0 Å². The van der Waals surface area contributed by atoms with E-state index in [1.807, 2.05) is 19.2 Å². The molecule has 0 radical (unpaired) electrons. The van der Waals surface area contributed by atoms with Crippen molar-refractivity contribution in [3.05, 3.63) is 42.7 Å². The Morgan fingerprint density at radius 2 is 2.21 bits per heavy atom. The smallest absolute Gasteiger partial charge is 0.186 e. The van der Waals surface area contributed by atoms with Crippen LogP contribution in [-0.4, -0.2) is 24.3 Å². The van der Waals surface area contributed by atoms with Gasteiger partial charge in [-0.25, -0.2) is 0 Å². The number of thiophene rings is 2. The molecule has 2 nitrogen and oxygen atoms in total. The number of hydrogen-bond donors (Lipinski definition) is 0. The fraction of sp³-hybridized carbons (Fsp3) is 0.357. The molecule has 2 aromatic rings. The molecule has 2 heterocycles. The number of Topliss-reactive ketones (excluding diaryl/α,β-unsaturated/α-hetero) is 1. The summed E-state index contributed by atoms with van der Waals surface area (Å²) in [5.74, 6) is 0.210. The molecule has 0 bridgehead atoms. The first-order chi connectivity index (χ1) is 9.08. The molecule has 102 valence electrons. The lowest BCUT2D eigenvalue weighted by Gasteiger charge is -2.14. The molecule has 0 N–H and O–H groups in total. The summed E-state index contributed by atoms with van der Waals surface area (Å²) in [7, 11) is 1.98. The van der Waals surface area contributed by atoms with Crippen molar-refractivity contribution in [1.82, 2.24) is 4.90 Å². The Morgan fingerprint density at radius 1 is 1.42 bits per heavy atom. The second-order valence-electron chi connectivity index (χ2n) is 4.47. The zero-order valence-corrected chi connectivity index (χ0v) is 14.2. The van der Waals surface area contributed by atoms with E-state index in [1.165, 1.54) is 10.4 Å². The molecule has 0 aliphatic rings. The van der Waals surface area contributed by atoms with Gasteiger partial charge in [0.25, 0.3) is 0 Å². The maximum absolute atomic E-state index is 12.1. The van der Waals surface area contributed by atoms with Crippen LogP contribution in [0, 0.1) is 0 Å². The van der Waals surface area contributed by atoms with E-state index in [9.17, 15) is 4.79 Å². The van der Waals surface area contributed by atoms with E-state index in [0.29, 0.717) is 6.54 Å². The summed E-state index contributed by atoms with van der Waals surface area (Å²) < 4.78 is 1.13. The number of rotatable bonds is 6. The monoisotopic (exact) mass is 357 g/mol. The zero-order chi connectivity index (χ0) is 13.8. The number of ketones is 1. The van der Waals surface area contributed by atoms with Gasteiger partial charge in [-0.15, -0.1) is 22.7 Å². The number of likely N-dealkylation sites (N-methyl/N-ethyl adjacent to an activating group) is 1. The normalized spacial score (nSPS) is 11.2. The SMILES string of the molecule is CCc1ccc(C(=O)CN(C)Cc2csc(Br)c2)s1. The lowest BCUT2D eigenvalue weighted by Crippen LogP contribution is -2.24. The molecular weight excluding hydrogens is 342 g/mol. The molecule has 0 saturated heterocycles. The van der Waals surface area contributed by atoms with E-state index < -0.39 is 0 Å². The van der Waals surface area contributed by atoms with Crippen LogP contribution in [0.3, 0.4) is 0 Å². The Morgan fingerprint density at radius 3 is 2.79 bits per heavy atom. The average molecular weight is 358 g/mol. The first-order valence-corrected chi connectivity index (χ1v) is 8.60. The first kappa shape index (κ1) is 14.9. The maximum Gasteiger partial charge on any atom is 0.186 e. The fourth-order valence-electron chi connectivity index (χ4n) is 1.84. The minimum absolute atomic E-state index is 0.210. The van der Waals surface area contributed by atoms with Crippen molar-refractivity contribution < 1.29 is 4.79 Å². The minimum atomic E-state index is 0.210. The largest absolute Gasteiger partial charge is 0.295 e. The summed E-state index contributed by atoms with van der Waals surface area (Å²) in [6.45, 7) is 3.39. The molecule has 0 aliphatic carbocycles. The number of carbonyl (C=O) groups excluding carboxylic acids is 1. The Balaban J connectivity index is 1.91. The van der Waals surface area contributed by atoms with Gasteiger partial charge in [-0.3, -0.25) is 9.69 Å². The lowest BCUT2D eigenvalue weighted by molar-refractivity contribution is 0.0947. The van der Waals surface area contributed by atoms with Crippen LogP contribution in [-0.2, 0) is 13.0 Å². The molecule has 0 aromatic carbocycles. The van der Waals surface area contributed by atoms with Crippen molar-refractivity contribution in [3.8, 4) is 0 Å². The summed E-state index contributed by atoms with van der Waals surface area (Å²) >= 11 is 6.74. The second kappa shape index (κ2) is 6.79. The number of nitrogens with zero attached hydrogens (tertiary/aromatic N) is 1. The Bertz CT molecular complexity index is 561. The molecule has 2 rings (SSSR count). The molecule has 0 aliphatic heterocycles. The van der Waals surface area contributed by atoms with Crippen LogP contribution in [0.2, 0.25) is 0 Å². The van der Waals surface area contributed by atoms with Gasteiger partial charge in [0.05, 0.1) is 15.2 Å². The molecule has 0 atom stereocenters. The van der Waals surface area contributed by atoms with E-state index in [2.05, 4.69) is 39.2 Å². The van der Waals surface area contributed by atoms with Crippen LogP contribution in [0.1, 0.15) is 27.0 Å². The number of halogens is 1. The van der Waals surface area contributed by atoms with Gasteiger partial charge >= 0.3 is 0 Å². The second-order valence-corrected chi connectivity index (χ2v) is 7.93. The van der Waals surface area contributed by atoms with Gasteiger partial charge in [0.2, 0.25) is 0 Å². The molecule has 19 heavy (non-hydrogen) atoms. The molecule has 0 amide bonds. The topological polar surface area (TPSA) is 20.3 Å². The van der Waals surface area contributed by atoms with Gasteiger partial charge in [-0.1, -0.05) is 6.92 Å². The average Bonchev–Trinajstić information content (AvgIpc) is 2.98. The van der Waals surface area contributed by atoms with Crippen LogP contribution >= 0.6 is 38.6 Å². The fourth-order valence-corrected chi connectivity index (χ4v) is 3.91. The van der Waals surface area contributed by atoms with Gasteiger partial charge < -0.3 is 0 Å². The predicted octanol–water partition coefficient (Wildman–Crippen LogP) is 4.45. The number of hydrogen-bond acceptors (Lipinski definition) is 4. The summed E-state index contributed by atoms with van der Waals surface area (Å²) in [6.07, 6.45) is 0.997. The quantitative estimate of drug-likeness (QED) is 0.711. The third-order valence-corrected chi connectivity index (χ3v) is 5.60. The van der Waals surface area contributed by atoms with E-state index in [1.54, 1.807) is 22.7 Å². The van der Waals surface area contributed by atoms with Gasteiger partial charge in [0.1, 0.15) is 0 Å². The highest BCUT2D eigenvalue weighted by atomic mass is 79.9. The highest BCUT2D eigenvalue weighted by Gasteiger charge is 2.12. The molecule has 0 unspecified atom stereocenters. The molecule has 0 saturated carbocycles. The summed E-state index contributed by atoms with van der Waals surface area (Å²) in [5.41, 5.74) is 1.24. The van der Waals surface area contributed by atoms with Gasteiger partial charge in [-0.05, 0) is 58.5 Å². The summed E-state index contributed by atoms with van der Waals surface area (Å²) in [4.78, 5) is 16.3. The minimum Gasteiger partial charge on any atom is -0.295 e. The highest BCUT2D eigenvalue weighted by Crippen LogP contribution is 2.22. The van der Waals surface area contributed by atoms with Crippen molar-refractivity contribution in [2.75, 3.05) is 13.6 Å². The lowest BCUT2D eigenvalue weighted by atomic mass is 10.2. The van der Waals surface area contributed by atoms with Gasteiger partial charge in [0, 0.05) is 11.4 Å². The molecule has 5 heteroatoms. The van der Waals surface area contributed by atoms with Crippen molar-refractivity contribution >= 4 is 44.4 Å². The van der Waals surface area contributed by atoms with E-state index >= 15 is 0 Å². The molecule has 0 fully saturated rings. The van der Waals surface area contributed by atoms with Crippen molar-refractivity contribution in [3.63, 3.8) is 0 Å². The van der Waals surface area contributed by atoms with Crippen LogP contribution in [0.15, 0.2) is 27.4 Å². The Kier molecular flexibility index (Phi) is 5.33. The zero-order valence-electron chi connectivity index (χ0n) is 11.0. The first-order valence-electron chi connectivity index (χ1n) is 6.12. The maximum atomic E-state index is 12.1.